The molecule has 0 spiro atoms. The molecule has 134 valence electrons. The number of para-hydroxylation sites is 1. The van der Waals surface area contributed by atoms with E-state index in [0.717, 1.165) is 37.3 Å². The summed E-state index contributed by atoms with van der Waals surface area (Å²) in [5.41, 5.74) is 3.71. The van der Waals surface area contributed by atoms with Gasteiger partial charge in [-0.25, -0.2) is 0 Å². The molecule has 3 aliphatic rings. The third-order valence-electron chi connectivity index (χ3n) is 5.85. The second-order valence-corrected chi connectivity index (χ2v) is 7.43. The molecule has 1 aromatic carbocycles. The van der Waals surface area contributed by atoms with Gasteiger partial charge in [-0.15, -0.1) is 0 Å². The van der Waals surface area contributed by atoms with E-state index in [9.17, 15) is 0 Å². The van der Waals surface area contributed by atoms with Crippen LogP contribution >= 0.6 is 0 Å². The number of hydrogen-bond acceptors (Lipinski definition) is 4. The highest BCUT2D eigenvalue weighted by Gasteiger charge is 2.39. The van der Waals surface area contributed by atoms with Crippen LogP contribution < -0.4 is 10.1 Å². The fourth-order valence-electron chi connectivity index (χ4n) is 4.56. The van der Waals surface area contributed by atoms with Crippen molar-refractivity contribution in [3.63, 3.8) is 0 Å². The second kappa shape index (κ2) is 6.76. The lowest BCUT2D eigenvalue weighted by atomic mass is 9.77. The SMILES string of the molecule is C1=CC2c3cccc(OCC4CCCO4)c3NC(c3cccnc3)C2C1. The smallest absolute Gasteiger partial charge is 0.142 e. The van der Waals surface area contributed by atoms with Gasteiger partial charge in [-0.3, -0.25) is 4.98 Å². The molecule has 26 heavy (non-hydrogen) atoms. The van der Waals surface area contributed by atoms with E-state index in [1.807, 2.05) is 18.5 Å². The zero-order valence-corrected chi connectivity index (χ0v) is 14.8. The molecule has 4 unspecified atom stereocenters. The summed E-state index contributed by atoms with van der Waals surface area (Å²) >= 11 is 0. The van der Waals surface area contributed by atoms with Gasteiger partial charge < -0.3 is 14.8 Å². The van der Waals surface area contributed by atoms with Crippen LogP contribution in [0.4, 0.5) is 5.69 Å². The fourth-order valence-corrected chi connectivity index (χ4v) is 4.56. The van der Waals surface area contributed by atoms with E-state index in [1.165, 1.54) is 11.1 Å². The van der Waals surface area contributed by atoms with E-state index in [0.29, 0.717) is 18.4 Å². The average Bonchev–Trinajstić information content (AvgIpc) is 3.38. The minimum atomic E-state index is 0.225. The number of rotatable bonds is 4. The summed E-state index contributed by atoms with van der Waals surface area (Å²) in [6, 6.07) is 10.8. The quantitative estimate of drug-likeness (QED) is 0.828. The standard InChI is InChI=1S/C22H24N2O2/c1-7-17-18(8-1)21(15-5-3-11-23-13-15)24-22-19(17)9-2-10-20(22)26-14-16-6-4-12-25-16/h1-3,5,7,9-11,13,16-18,21,24H,4,6,8,12,14H2. The van der Waals surface area contributed by atoms with Crippen molar-refractivity contribution in [2.45, 2.75) is 37.3 Å². The third kappa shape index (κ3) is 2.78. The number of allylic oxidation sites excluding steroid dienone is 2. The average molecular weight is 348 g/mol. The first-order valence-electron chi connectivity index (χ1n) is 9.60. The van der Waals surface area contributed by atoms with Gasteiger partial charge in [-0.1, -0.05) is 30.4 Å². The summed E-state index contributed by atoms with van der Waals surface area (Å²) in [7, 11) is 0. The highest BCUT2D eigenvalue weighted by molar-refractivity contribution is 5.67. The Hall–Kier alpha value is -2.33. The number of benzene rings is 1. The lowest BCUT2D eigenvalue weighted by Gasteiger charge is -2.38. The molecule has 4 atom stereocenters. The first-order chi connectivity index (χ1) is 12.9. The Kier molecular flexibility index (Phi) is 4.13. The summed E-state index contributed by atoms with van der Waals surface area (Å²) in [5.74, 6) is 1.90. The number of nitrogens with one attached hydrogen (secondary N) is 1. The van der Waals surface area contributed by atoms with Gasteiger partial charge in [0.25, 0.3) is 0 Å². The number of anilines is 1. The molecule has 3 heterocycles. The van der Waals surface area contributed by atoms with Gasteiger partial charge in [0.15, 0.2) is 0 Å². The predicted octanol–water partition coefficient (Wildman–Crippen LogP) is 4.47. The predicted molar refractivity (Wildman–Crippen MR) is 101 cm³/mol. The van der Waals surface area contributed by atoms with E-state index in [1.54, 1.807) is 0 Å². The molecule has 1 aliphatic carbocycles. The van der Waals surface area contributed by atoms with E-state index < -0.39 is 0 Å². The molecule has 5 rings (SSSR count). The Morgan fingerprint density at radius 2 is 2.23 bits per heavy atom. The largest absolute Gasteiger partial charge is 0.489 e. The van der Waals surface area contributed by atoms with Crippen LogP contribution in [0.25, 0.3) is 0 Å². The summed E-state index contributed by atoms with van der Waals surface area (Å²) in [6.07, 6.45) is 12.0. The van der Waals surface area contributed by atoms with Gasteiger partial charge in [0.05, 0.1) is 17.8 Å². The van der Waals surface area contributed by atoms with E-state index >= 15 is 0 Å². The lowest BCUT2D eigenvalue weighted by molar-refractivity contribution is 0.0681. The van der Waals surface area contributed by atoms with Crippen molar-refractivity contribution in [1.29, 1.82) is 0 Å². The van der Waals surface area contributed by atoms with Crippen LogP contribution in [0, 0.1) is 5.92 Å². The molecule has 4 heteroatoms. The minimum Gasteiger partial charge on any atom is -0.489 e. The Morgan fingerprint density at radius 3 is 3.08 bits per heavy atom. The molecule has 0 radical (unpaired) electrons. The summed E-state index contributed by atoms with van der Waals surface area (Å²) in [6.45, 7) is 1.48. The van der Waals surface area contributed by atoms with Crippen LogP contribution in [0.5, 0.6) is 5.75 Å². The molecule has 0 bridgehead atoms. The van der Waals surface area contributed by atoms with E-state index in [-0.39, 0.29) is 12.1 Å². The van der Waals surface area contributed by atoms with Crippen LogP contribution in [0.1, 0.15) is 42.3 Å². The van der Waals surface area contributed by atoms with Gasteiger partial charge in [0, 0.05) is 24.9 Å². The minimum absolute atomic E-state index is 0.225. The first kappa shape index (κ1) is 15.9. The maximum atomic E-state index is 6.19. The molecule has 4 nitrogen and oxygen atoms in total. The molecule has 1 fully saturated rings. The molecule has 2 aliphatic heterocycles. The third-order valence-corrected chi connectivity index (χ3v) is 5.85. The molecule has 2 aromatic rings. The highest BCUT2D eigenvalue weighted by atomic mass is 16.5. The maximum absolute atomic E-state index is 6.19. The Morgan fingerprint density at radius 1 is 1.23 bits per heavy atom. The van der Waals surface area contributed by atoms with Crippen molar-refractivity contribution in [3.8, 4) is 5.75 Å². The monoisotopic (exact) mass is 348 g/mol. The van der Waals surface area contributed by atoms with E-state index in [2.05, 4.69) is 46.7 Å². The molecule has 0 amide bonds. The molecular formula is C22H24N2O2. The van der Waals surface area contributed by atoms with Crippen LogP contribution in [0.2, 0.25) is 0 Å². The lowest BCUT2D eigenvalue weighted by Crippen LogP contribution is -2.29. The van der Waals surface area contributed by atoms with Gasteiger partial charge >= 0.3 is 0 Å². The summed E-state index contributed by atoms with van der Waals surface area (Å²) < 4.78 is 11.9. The van der Waals surface area contributed by atoms with Crippen molar-refractivity contribution in [1.82, 2.24) is 4.98 Å². The van der Waals surface area contributed by atoms with E-state index in [4.69, 9.17) is 9.47 Å². The second-order valence-electron chi connectivity index (χ2n) is 7.43. The molecule has 0 saturated carbocycles. The van der Waals surface area contributed by atoms with Crippen LogP contribution in [0.15, 0.2) is 54.9 Å². The molecular weight excluding hydrogens is 324 g/mol. The normalized spacial score (nSPS) is 29.1. The zero-order valence-electron chi connectivity index (χ0n) is 14.8. The Bertz CT molecular complexity index is 799. The van der Waals surface area contributed by atoms with Gasteiger partial charge in [0.2, 0.25) is 0 Å². The van der Waals surface area contributed by atoms with Gasteiger partial charge in [-0.2, -0.15) is 0 Å². The van der Waals surface area contributed by atoms with Crippen LogP contribution in [-0.4, -0.2) is 24.3 Å². The maximum Gasteiger partial charge on any atom is 0.142 e. The van der Waals surface area contributed by atoms with Crippen molar-refractivity contribution < 1.29 is 9.47 Å². The van der Waals surface area contributed by atoms with Gasteiger partial charge in [0.1, 0.15) is 12.4 Å². The number of nitrogens with zero attached hydrogens (tertiary/aromatic N) is 1. The highest BCUT2D eigenvalue weighted by Crippen LogP contribution is 2.52. The van der Waals surface area contributed by atoms with Crippen LogP contribution in [-0.2, 0) is 4.74 Å². The Balaban J connectivity index is 1.47. The van der Waals surface area contributed by atoms with Crippen LogP contribution in [0.3, 0.4) is 0 Å². The number of aromatic nitrogens is 1. The van der Waals surface area contributed by atoms with Gasteiger partial charge in [-0.05, 0) is 48.4 Å². The molecule has 1 saturated heterocycles. The zero-order chi connectivity index (χ0) is 17.3. The topological polar surface area (TPSA) is 43.4 Å². The molecule has 1 aromatic heterocycles. The summed E-state index contributed by atoms with van der Waals surface area (Å²) in [5, 5.41) is 3.78. The molecule has 1 N–H and O–H groups in total. The summed E-state index contributed by atoms with van der Waals surface area (Å²) in [4.78, 5) is 4.33. The number of ether oxygens (including phenoxy) is 2. The van der Waals surface area contributed by atoms with Crippen molar-refractivity contribution in [2.24, 2.45) is 5.92 Å². The Labute approximate surface area is 154 Å². The number of hydrogen-bond donors (Lipinski definition) is 1. The number of pyridine rings is 1. The van der Waals surface area contributed by atoms with Crippen molar-refractivity contribution in [3.05, 3.63) is 66.0 Å². The van der Waals surface area contributed by atoms with Crippen molar-refractivity contribution >= 4 is 5.69 Å². The fraction of sp³-hybridized carbons (Fsp3) is 0.409. The van der Waals surface area contributed by atoms with Crippen molar-refractivity contribution in [2.75, 3.05) is 18.5 Å². The first-order valence-corrected chi connectivity index (χ1v) is 9.60. The number of fused-ring (bicyclic) bond motifs is 3.